The fourth-order valence-corrected chi connectivity index (χ4v) is 1.25. The Morgan fingerprint density at radius 3 is 2.33 bits per heavy atom. The van der Waals surface area contributed by atoms with E-state index in [1.165, 1.54) is 0 Å². The minimum atomic E-state index is -1.34. The summed E-state index contributed by atoms with van der Waals surface area (Å²) in [7, 11) is 0. The van der Waals surface area contributed by atoms with Crippen LogP contribution >= 0.6 is 0 Å². The maximum atomic E-state index is 11.5. The molecule has 1 atom stereocenters. The molecule has 0 aliphatic carbocycles. The van der Waals surface area contributed by atoms with Gasteiger partial charge in [0.1, 0.15) is 6.04 Å². The molecule has 0 unspecified atom stereocenters. The van der Waals surface area contributed by atoms with Crippen molar-refractivity contribution in [1.29, 1.82) is 0 Å². The second-order valence-electron chi connectivity index (χ2n) is 3.53. The van der Waals surface area contributed by atoms with Crippen molar-refractivity contribution in [3.05, 3.63) is 30.3 Å². The summed E-state index contributed by atoms with van der Waals surface area (Å²) in [4.78, 5) is 32.9. The minimum Gasteiger partial charge on any atom is -0.480 e. The lowest BCUT2D eigenvalue weighted by atomic mass is 10.2. The molecule has 96 valence electrons. The van der Waals surface area contributed by atoms with E-state index >= 15 is 0 Å². The fourth-order valence-electron chi connectivity index (χ4n) is 1.25. The Morgan fingerprint density at radius 1 is 1.22 bits per heavy atom. The first-order chi connectivity index (χ1) is 8.49. The van der Waals surface area contributed by atoms with E-state index in [1.807, 2.05) is 0 Å². The van der Waals surface area contributed by atoms with Gasteiger partial charge in [-0.25, -0.2) is 9.59 Å². The number of benzene rings is 1. The Kier molecular flexibility index (Phi) is 4.67. The van der Waals surface area contributed by atoms with Gasteiger partial charge in [-0.15, -0.1) is 0 Å². The highest BCUT2D eigenvalue weighted by atomic mass is 16.4. The average Bonchev–Trinajstić information content (AvgIpc) is 2.28. The van der Waals surface area contributed by atoms with Gasteiger partial charge >= 0.3 is 12.0 Å². The Hall–Kier alpha value is -2.57. The van der Waals surface area contributed by atoms with Crippen molar-refractivity contribution in [2.45, 2.75) is 12.5 Å². The van der Waals surface area contributed by atoms with Gasteiger partial charge in [-0.2, -0.15) is 0 Å². The molecule has 0 aliphatic heterocycles. The molecule has 18 heavy (non-hydrogen) atoms. The summed E-state index contributed by atoms with van der Waals surface area (Å²) in [6, 6.07) is 6.44. The van der Waals surface area contributed by atoms with Gasteiger partial charge in [0.15, 0.2) is 0 Å². The molecular formula is C11H13N3O4. The number of aliphatic carboxylic acids is 1. The maximum absolute atomic E-state index is 11.5. The standard InChI is InChI=1S/C11H13N3O4/c12-9(15)6-8(10(16)17)14-11(18)13-7-4-2-1-3-5-7/h1-5,8H,6H2,(H2,12,15)(H,16,17)(H2,13,14,18)/t8-/m0/s1. The van der Waals surface area contributed by atoms with Gasteiger partial charge in [-0.1, -0.05) is 18.2 Å². The number of carbonyl (C=O) groups is 3. The first-order valence-corrected chi connectivity index (χ1v) is 5.12. The number of hydrogen-bond acceptors (Lipinski definition) is 3. The van der Waals surface area contributed by atoms with E-state index in [0.29, 0.717) is 5.69 Å². The fraction of sp³-hybridized carbons (Fsp3) is 0.182. The normalized spacial score (nSPS) is 11.3. The summed E-state index contributed by atoms with van der Waals surface area (Å²) in [6.07, 6.45) is -0.461. The van der Waals surface area contributed by atoms with Crippen molar-refractivity contribution in [2.75, 3.05) is 5.32 Å². The lowest BCUT2D eigenvalue weighted by Crippen LogP contribution is -2.45. The van der Waals surface area contributed by atoms with Crippen LogP contribution < -0.4 is 16.4 Å². The molecule has 1 aromatic rings. The van der Waals surface area contributed by atoms with Crippen molar-refractivity contribution >= 4 is 23.6 Å². The molecule has 0 saturated heterocycles. The zero-order valence-electron chi connectivity index (χ0n) is 9.42. The molecule has 7 heteroatoms. The van der Waals surface area contributed by atoms with Crippen LogP contribution in [0.4, 0.5) is 10.5 Å². The molecule has 0 radical (unpaired) electrons. The summed E-state index contributed by atoms with van der Waals surface area (Å²) in [5.41, 5.74) is 5.40. The van der Waals surface area contributed by atoms with E-state index in [2.05, 4.69) is 10.6 Å². The van der Waals surface area contributed by atoms with Crippen LogP contribution in [0, 0.1) is 0 Å². The zero-order valence-corrected chi connectivity index (χ0v) is 9.42. The van der Waals surface area contributed by atoms with Crippen LogP contribution in [-0.4, -0.2) is 29.1 Å². The third-order valence-corrected chi connectivity index (χ3v) is 2.04. The summed E-state index contributed by atoms with van der Waals surface area (Å²) in [5, 5.41) is 13.4. The third-order valence-electron chi connectivity index (χ3n) is 2.04. The topological polar surface area (TPSA) is 122 Å². The van der Waals surface area contributed by atoms with Crippen LogP contribution in [-0.2, 0) is 9.59 Å². The van der Waals surface area contributed by atoms with Crippen molar-refractivity contribution in [3.63, 3.8) is 0 Å². The van der Waals surface area contributed by atoms with Gasteiger partial charge < -0.3 is 21.5 Å². The number of hydrogen-bond donors (Lipinski definition) is 4. The van der Waals surface area contributed by atoms with Gasteiger partial charge in [-0.3, -0.25) is 4.79 Å². The molecule has 0 saturated carbocycles. The number of urea groups is 1. The summed E-state index contributed by atoms with van der Waals surface area (Å²) < 4.78 is 0. The first kappa shape index (κ1) is 13.5. The molecular weight excluding hydrogens is 238 g/mol. The molecule has 0 heterocycles. The van der Waals surface area contributed by atoms with Crippen LogP contribution in [0.1, 0.15) is 6.42 Å². The lowest BCUT2D eigenvalue weighted by molar-refractivity contribution is -0.140. The number of amides is 3. The highest BCUT2D eigenvalue weighted by Crippen LogP contribution is 2.04. The quantitative estimate of drug-likeness (QED) is 0.594. The average molecular weight is 251 g/mol. The minimum absolute atomic E-state index is 0.461. The lowest BCUT2D eigenvalue weighted by Gasteiger charge is -2.13. The highest BCUT2D eigenvalue weighted by molar-refractivity contribution is 5.93. The van der Waals surface area contributed by atoms with Gasteiger partial charge in [0, 0.05) is 5.69 Å². The number of para-hydroxylation sites is 1. The number of carboxylic acids is 1. The predicted octanol–water partition coefficient (Wildman–Crippen LogP) is 0.137. The smallest absolute Gasteiger partial charge is 0.326 e. The summed E-state index contributed by atoms with van der Waals surface area (Å²) in [6.45, 7) is 0. The number of carboxylic acid groups (broad SMARTS) is 1. The zero-order chi connectivity index (χ0) is 13.5. The van der Waals surface area contributed by atoms with Crippen LogP contribution in [0.15, 0.2) is 30.3 Å². The molecule has 3 amide bonds. The summed E-state index contributed by atoms with van der Waals surface area (Å²) >= 11 is 0. The second-order valence-corrected chi connectivity index (χ2v) is 3.53. The van der Waals surface area contributed by atoms with E-state index in [-0.39, 0.29) is 0 Å². The molecule has 0 bridgehead atoms. The van der Waals surface area contributed by atoms with E-state index in [1.54, 1.807) is 30.3 Å². The Labute approximate surface area is 103 Å². The first-order valence-electron chi connectivity index (χ1n) is 5.12. The van der Waals surface area contributed by atoms with Crippen LogP contribution in [0.25, 0.3) is 0 Å². The van der Waals surface area contributed by atoms with E-state index in [0.717, 1.165) is 0 Å². The van der Waals surface area contributed by atoms with Crippen molar-refractivity contribution in [1.82, 2.24) is 5.32 Å². The monoisotopic (exact) mass is 251 g/mol. The van der Waals surface area contributed by atoms with E-state index in [4.69, 9.17) is 10.8 Å². The number of anilines is 1. The van der Waals surface area contributed by atoms with Crippen LogP contribution in [0.3, 0.4) is 0 Å². The van der Waals surface area contributed by atoms with Crippen molar-refractivity contribution < 1.29 is 19.5 Å². The molecule has 0 aromatic heterocycles. The maximum Gasteiger partial charge on any atom is 0.326 e. The van der Waals surface area contributed by atoms with Crippen molar-refractivity contribution in [3.8, 4) is 0 Å². The van der Waals surface area contributed by atoms with Gasteiger partial charge in [-0.05, 0) is 12.1 Å². The SMILES string of the molecule is NC(=O)C[C@H](NC(=O)Nc1ccccc1)C(=O)O. The van der Waals surface area contributed by atoms with Crippen LogP contribution in [0.2, 0.25) is 0 Å². The Bertz CT molecular complexity index is 447. The molecule has 5 N–H and O–H groups in total. The van der Waals surface area contributed by atoms with Crippen molar-refractivity contribution in [2.24, 2.45) is 5.73 Å². The molecule has 1 aromatic carbocycles. The van der Waals surface area contributed by atoms with E-state index < -0.39 is 30.4 Å². The molecule has 0 fully saturated rings. The second kappa shape index (κ2) is 6.24. The van der Waals surface area contributed by atoms with Gasteiger partial charge in [0.05, 0.1) is 6.42 Å². The Balaban J connectivity index is 2.56. The van der Waals surface area contributed by atoms with Crippen LogP contribution in [0.5, 0.6) is 0 Å². The largest absolute Gasteiger partial charge is 0.480 e. The predicted molar refractivity (Wildman–Crippen MR) is 63.8 cm³/mol. The van der Waals surface area contributed by atoms with Gasteiger partial charge in [0.2, 0.25) is 5.91 Å². The molecule has 1 rings (SSSR count). The number of nitrogens with one attached hydrogen (secondary N) is 2. The summed E-state index contributed by atoms with van der Waals surface area (Å²) in [5.74, 6) is -2.13. The Morgan fingerprint density at radius 2 is 1.83 bits per heavy atom. The molecule has 7 nitrogen and oxygen atoms in total. The highest BCUT2D eigenvalue weighted by Gasteiger charge is 2.21. The van der Waals surface area contributed by atoms with Gasteiger partial charge in [0.25, 0.3) is 0 Å². The van der Waals surface area contributed by atoms with E-state index in [9.17, 15) is 14.4 Å². The number of nitrogens with two attached hydrogens (primary N) is 1. The molecule has 0 aliphatic rings. The number of primary amides is 1. The third kappa shape index (κ3) is 4.52. The number of rotatable bonds is 5. The molecule has 0 spiro atoms. The number of carbonyl (C=O) groups excluding carboxylic acids is 2.